The van der Waals surface area contributed by atoms with E-state index in [-0.39, 0.29) is 17.6 Å². The van der Waals surface area contributed by atoms with E-state index in [4.69, 9.17) is 9.47 Å². The van der Waals surface area contributed by atoms with Crippen molar-refractivity contribution in [2.24, 2.45) is 5.92 Å². The summed E-state index contributed by atoms with van der Waals surface area (Å²) in [6, 6.07) is 3.79. The van der Waals surface area contributed by atoms with Crippen LogP contribution >= 0.6 is 0 Å². The molecule has 1 heterocycles. The van der Waals surface area contributed by atoms with Crippen LogP contribution in [0.25, 0.3) is 0 Å². The predicted molar refractivity (Wildman–Crippen MR) is 118 cm³/mol. The number of sulfonamides is 1. The van der Waals surface area contributed by atoms with Crippen LogP contribution in [0.4, 0.5) is 0 Å². The lowest BCUT2D eigenvalue weighted by Gasteiger charge is -2.29. The number of fused-ring (bicyclic) bond motifs is 1. The van der Waals surface area contributed by atoms with Gasteiger partial charge < -0.3 is 14.8 Å². The number of amides is 1. The number of rotatable bonds is 12. The highest BCUT2D eigenvalue weighted by molar-refractivity contribution is 7.89. The van der Waals surface area contributed by atoms with Gasteiger partial charge in [0, 0.05) is 25.6 Å². The predicted octanol–water partition coefficient (Wildman–Crippen LogP) is 3.11. The summed E-state index contributed by atoms with van der Waals surface area (Å²) < 4.78 is 37.8. The highest BCUT2D eigenvalue weighted by Crippen LogP contribution is 2.33. The molecular weight excluding hydrogens is 404 g/mol. The van der Waals surface area contributed by atoms with Gasteiger partial charge in [-0.15, -0.1) is 0 Å². The van der Waals surface area contributed by atoms with Gasteiger partial charge in [0.1, 0.15) is 0 Å². The number of ether oxygens (including phenoxy) is 2. The van der Waals surface area contributed by atoms with Crippen LogP contribution in [-0.4, -0.2) is 51.7 Å². The van der Waals surface area contributed by atoms with E-state index in [0.717, 1.165) is 36.8 Å². The van der Waals surface area contributed by atoms with Gasteiger partial charge in [0.25, 0.3) is 0 Å². The molecule has 1 aromatic rings. The number of carbonyl (C=O) groups excluding carboxylic acids is 1. The molecule has 30 heavy (non-hydrogen) atoms. The topological polar surface area (TPSA) is 84.9 Å². The van der Waals surface area contributed by atoms with Crippen molar-refractivity contribution in [2.45, 2.75) is 58.9 Å². The third-order valence-corrected chi connectivity index (χ3v) is 7.50. The average molecular weight is 441 g/mol. The molecule has 0 atom stereocenters. The van der Waals surface area contributed by atoms with Crippen LogP contribution in [-0.2, 0) is 27.8 Å². The van der Waals surface area contributed by atoms with Gasteiger partial charge in [0.2, 0.25) is 15.9 Å². The molecule has 0 aliphatic carbocycles. The lowest BCUT2D eigenvalue weighted by molar-refractivity contribution is -0.125. The summed E-state index contributed by atoms with van der Waals surface area (Å²) >= 11 is 0. The molecule has 8 heteroatoms. The molecule has 0 spiro atoms. The van der Waals surface area contributed by atoms with Gasteiger partial charge in [-0.2, -0.15) is 4.31 Å². The monoisotopic (exact) mass is 440 g/mol. The molecule has 1 aliphatic heterocycles. The number of carbonyl (C=O) groups is 1. The van der Waals surface area contributed by atoms with Crippen LogP contribution in [0, 0.1) is 5.92 Å². The molecule has 0 bridgehead atoms. The zero-order chi connectivity index (χ0) is 22.1. The second kappa shape index (κ2) is 11.6. The summed E-state index contributed by atoms with van der Waals surface area (Å²) in [6.07, 6.45) is 4.74. The molecule has 0 saturated carbocycles. The van der Waals surface area contributed by atoms with E-state index in [1.165, 1.54) is 4.31 Å². The summed E-state index contributed by atoms with van der Waals surface area (Å²) in [6.45, 7) is 5.32. The van der Waals surface area contributed by atoms with Crippen molar-refractivity contribution in [3.8, 4) is 11.5 Å². The maximum Gasteiger partial charge on any atom is 0.223 e. The van der Waals surface area contributed by atoms with Gasteiger partial charge in [-0.05, 0) is 48.9 Å². The van der Waals surface area contributed by atoms with Crippen molar-refractivity contribution in [1.29, 1.82) is 0 Å². The van der Waals surface area contributed by atoms with Gasteiger partial charge >= 0.3 is 0 Å². The van der Waals surface area contributed by atoms with Crippen LogP contribution in [0.1, 0.15) is 57.1 Å². The summed E-state index contributed by atoms with van der Waals surface area (Å²) in [4.78, 5) is 12.3. The highest BCUT2D eigenvalue weighted by atomic mass is 32.2. The molecule has 0 fully saturated rings. The molecule has 0 radical (unpaired) electrons. The molecule has 7 nitrogen and oxygen atoms in total. The number of methoxy groups -OCH3 is 2. The van der Waals surface area contributed by atoms with Crippen molar-refractivity contribution in [3.63, 3.8) is 0 Å². The lowest BCUT2D eigenvalue weighted by atomic mass is 9.97. The second-order valence-electron chi connectivity index (χ2n) is 7.79. The Bertz CT molecular complexity index is 804. The minimum Gasteiger partial charge on any atom is -0.493 e. The van der Waals surface area contributed by atoms with Gasteiger partial charge in [0.05, 0.1) is 20.0 Å². The first kappa shape index (κ1) is 24.5. The molecule has 0 unspecified atom stereocenters. The number of hydrogen-bond donors (Lipinski definition) is 1. The fraction of sp³-hybridized carbons (Fsp3) is 0.682. The number of nitrogens with zero attached hydrogens (tertiary/aromatic N) is 1. The van der Waals surface area contributed by atoms with Gasteiger partial charge in [-0.3, -0.25) is 4.79 Å². The van der Waals surface area contributed by atoms with E-state index in [1.54, 1.807) is 14.2 Å². The van der Waals surface area contributed by atoms with E-state index in [2.05, 4.69) is 19.2 Å². The summed E-state index contributed by atoms with van der Waals surface area (Å²) in [5.74, 6) is 1.37. The van der Waals surface area contributed by atoms with Gasteiger partial charge in [0.15, 0.2) is 11.5 Å². The molecular formula is C22H36N2O5S. The van der Waals surface area contributed by atoms with Crippen molar-refractivity contribution in [2.75, 3.05) is 33.1 Å². The minimum atomic E-state index is -3.39. The maximum absolute atomic E-state index is 12.8. The molecule has 0 aromatic heterocycles. The Kier molecular flexibility index (Phi) is 9.42. The normalized spacial score (nSPS) is 14.4. The molecule has 1 N–H and O–H groups in total. The van der Waals surface area contributed by atoms with Gasteiger partial charge in [-0.25, -0.2) is 8.42 Å². The minimum absolute atomic E-state index is 0.0298. The summed E-state index contributed by atoms with van der Waals surface area (Å²) in [5, 5.41) is 2.92. The number of benzene rings is 1. The van der Waals surface area contributed by atoms with Crippen molar-refractivity contribution >= 4 is 15.9 Å². The smallest absolute Gasteiger partial charge is 0.223 e. The Morgan fingerprint density at radius 2 is 1.70 bits per heavy atom. The SMILES string of the molecule is CCCC(CCC)C(=O)NCCCS(=O)(=O)N1CCc2cc(OC)c(OC)cc2C1. The molecule has 2 rings (SSSR count). The molecule has 0 saturated heterocycles. The summed E-state index contributed by atoms with van der Waals surface area (Å²) in [5.41, 5.74) is 2.03. The number of nitrogens with one attached hydrogen (secondary N) is 1. The largest absolute Gasteiger partial charge is 0.493 e. The van der Waals surface area contributed by atoms with Crippen LogP contribution in [0.15, 0.2) is 12.1 Å². The van der Waals surface area contributed by atoms with Crippen LogP contribution in [0.2, 0.25) is 0 Å². The molecule has 1 aliphatic rings. The Morgan fingerprint density at radius 3 is 2.27 bits per heavy atom. The molecule has 1 aromatic carbocycles. The highest BCUT2D eigenvalue weighted by Gasteiger charge is 2.27. The summed E-state index contributed by atoms with van der Waals surface area (Å²) in [7, 11) is -0.227. The van der Waals surface area contributed by atoms with E-state index < -0.39 is 10.0 Å². The van der Waals surface area contributed by atoms with E-state index in [9.17, 15) is 13.2 Å². The Morgan fingerprint density at radius 1 is 1.10 bits per heavy atom. The van der Waals surface area contributed by atoms with Gasteiger partial charge in [-0.1, -0.05) is 26.7 Å². The third-order valence-electron chi connectivity index (χ3n) is 5.60. The van der Waals surface area contributed by atoms with Crippen molar-refractivity contribution in [3.05, 3.63) is 23.3 Å². The van der Waals surface area contributed by atoms with Crippen LogP contribution < -0.4 is 14.8 Å². The average Bonchev–Trinajstić information content (AvgIpc) is 2.74. The standard InChI is InChI=1S/C22H36N2O5S/c1-5-8-17(9-6-2)22(25)23-11-7-13-30(26,27)24-12-10-18-14-20(28-3)21(29-4)15-19(18)16-24/h14-15,17H,5-13,16H2,1-4H3,(H,23,25). The molecule has 170 valence electrons. The first-order valence-corrected chi connectivity index (χ1v) is 12.5. The Hall–Kier alpha value is -1.80. The maximum atomic E-state index is 12.8. The third kappa shape index (κ3) is 6.35. The van der Waals surface area contributed by atoms with E-state index >= 15 is 0 Å². The first-order chi connectivity index (χ1) is 14.4. The zero-order valence-corrected chi connectivity index (χ0v) is 19.5. The zero-order valence-electron chi connectivity index (χ0n) is 18.7. The Labute approximate surface area is 181 Å². The van der Waals surface area contributed by atoms with E-state index in [0.29, 0.717) is 44.0 Å². The second-order valence-corrected chi connectivity index (χ2v) is 9.88. The van der Waals surface area contributed by atoms with Crippen LogP contribution in [0.5, 0.6) is 11.5 Å². The molecule has 1 amide bonds. The fourth-order valence-corrected chi connectivity index (χ4v) is 5.41. The first-order valence-electron chi connectivity index (χ1n) is 10.9. The fourth-order valence-electron chi connectivity index (χ4n) is 3.94. The van der Waals surface area contributed by atoms with Crippen molar-refractivity contribution < 1.29 is 22.7 Å². The number of hydrogen-bond acceptors (Lipinski definition) is 5. The quantitative estimate of drug-likeness (QED) is 0.505. The van der Waals surface area contributed by atoms with E-state index in [1.807, 2.05) is 12.1 Å². The van der Waals surface area contributed by atoms with Crippen LogP contribution in [0.3, 0.4) is 0 Å². The lowest BCUT2D eigenvalue weighted by Crippen LogP contribution is -2.38. The Balaban J connectivity index is 1.90. The van der Waals surface area contributed by atoms with Crippen molar-refractivity contribution in [1.82, 2.24) is 9.62 Å².